The molecule has 0 aliphatic rings. The Morgan fingerprint density at radius 3 is 2.84 bits per heavy atom. The molecule has 5 heteroatoms. The van der Waals surface area contributed by atoms with Crippen LogP contribution in [0.5, 0.6) is 0 Å². The summed E-state index contributed by atoms with van der Waals surface area (Å²) in [6.45, 7) is 1.56. The molecule has 2 aromatic heterocycles. The lowest BCUT2D eigenvalue weighted by molar-refractivity contribution is 0.686. The van der Waals surface area contributed by atoms with Gasteiger partial charge in [-0.15, -0.1) is 11.3 Å². The van der Waals surface area contributed by atoms with Gasteiger partial charge in [-0.2, -0.15) is 5.10 Å². The molecule has 4 nitrogen and oxygen atoms in total. The first-order chi connectivity index (χ1) is 9.40. The van der Waals surface area contributed by atoms with Gasteiger partial charge in [-0.05, 0) is 5.56 Å². The Hall–Kier alpha value is -2.14. The van der Waals surface area contributed by atoms with Crippen molar-refractivity contribution in [3.63, 3.8) is 0 Å². The lowest BCUT2D eigenvalue weighted by Crippen LogP contribution is -2.00. The van der Waals surface area contributed by atoms with E-state index in [-0.39, 0.29) is 0 Å². The predicted octanol–water partition coefficient (Wildman–Crippen LogP) is 3.00. The van der Waals surface area contributed by atoms with Crippen LogP contribution in [0, 0.1) is 0 Å². The van der Waals surface area contributed by atoms with Gasteiger partial charge in [-0.25, -0.2) is 4.98 Å². The summed E-state index contributed by atoms with van der Waals surface area (Å²) in [6.07, 6.45) is 5.75. The Balaban J connectivity index is 1.60. The first kappa shape index (κ1) is 11.9. The first-order valence-electron chi connectivity index (χ1n) is 6.09. The van der Waals surface area contributed by atoms with Gasteiger partial charge < -0.3 is 5.32 Å². The zero-order chi connectivity index (χ0) is 12.9. The maximum Gasteiger partial charge on any atom is 0.182 e. The van der Waals surface area contributed by atoms with Gasteiger partial charge in [-0.1, -0.05) is 30.3 Å². The molecule has 0 saturated heterocycles. The molecule has 0 atom stereocenters. The number of benzene rings is 1. The fourth-order valence-electron chi connectivity index (χ4n) is 1.84. The average Bonchev–Trinajstić information content (AvgIpc) is 3.09. The van der Waals surface area contributed by atoms with Crippen molar-refractivity contribution in [3.8, 4) is 0 Å². The monoisotopic (exact) mass is 270 g/mol. The van der Waals surface area contributed by atoms with E-state index in [9.17, 15) is 0 Å². The van der Waals surface area contributed by atoms with Crippen LogP contribution in [0.3, 0.4) is 0 Å². The van der Waals surface area contributed by atoms with Crippen LogP contribution in [-0.4, -0.2) is 14.8 Å². The summed E-state index contributed by atoms with van der Waals surface area (Å²) in [5, 5.41) is 10.5. The summed E-state index contributed by atoms with van der Waals surface area (Å²) >= 11 is 1.60. The number of nitrogens with one attached hydrogen (secondary N) is 1. The zero-order valence-corrected chi connectivity index (χ0v) is 11.2. The predicted molar refractivity (Wildman–Crippen MR) is 77.2 cm³/mol. The molecule has 0 amide bonds. The molecule has 1 N–H and O–H groups in total. The molecule has 3 aromatic rings. The third-order valence-electron chi connectivity index (χ3n) is 2.75. The van der Waals surface area contributed by atoms with E-state index in [1.54, 1.807) is 17.5 Å². The van der Waals surface area contributed by atoms with Gasteiger partial charge in [0.15, 0.2) is 5.13 Å². The van der Waals surface area contributed by atoms with Gasteiger partial charge in [0.25, 0.3) is 0 Å². The summed E-state index contributed by atoms with van der Waals surface area (Å²) in [5.74, 6) is 0. The Bertz CT molecular complexity index is 616. The highest BCUT2D eigenvalue weighted by molar-refractivity contribution is 7.13. The van der Waals surface area contributed by atoms with E-state index in [1.165, 1.54) is 5.56 Å². The summed E-state index contributed by atoms with van der Waals surface area (Å²) in [6, 6.07) is 10.3. The molecule has 0 spiro atoms. The van der Waals surface area contributed by atoms with E-state index in [2.05, 4.69) is 33.7 Å². The van der Waals surface area contributed by atoms with E-state index in [4.69, 9.17) is 0 Å². The minimum absolute atomic E-state index is 0.752. The molecule has 3 rings (SSSR count). The molecule has 0 bridgehead atoms. The number of aromatic nitrogens is 3. The minimum atomic E-state index is 0.752. The zero-order valence-electron chi connectivity index (χ0n) is 10.4. The third-order valence-corrected chi connectivity index (χ3v) is 3.48. The molecule has 19 heavy (non-hydrogen) atoms. The first-order valence-corrected chi connectivity index (χ1v) is 6.97. The number of nitrogens with zero attached hydrogens (tertiary/aromatic N) is 3. The van der Waals surface area contributed by atoms with Crippen LogP contribution in [0.25, 0.3) is 0 Å². The second kappa shape index (κ2) is 5.67. The lowest BCUT2D eigenvalue weighted by Gasteiger charge is -2.01. The third kappa shape index (κ3) is 3.20. The van der Waals surface area contributed by atoms with Gasteiger partial charge >= 0.3 is 0 Å². The Labute approximate surface area is 115 Å². The SMILES string of the molecule is c1ccc(Cn2cc(CNc3nccs3)cn2)cc1. The van der Waals surface area contributed by atoms with Gasteiger partial charge in [0, 0.05) is 29.9 Å². The quantitative estimate of drug-likeness (QED) is 0.775. The van der Waals surface area contributed by atoms with Gasteiger partial charge in [0.1, 0.15) is 0 Å². The van der Waals surface area contributed by atoms with Gasteiger partial charge in [0.05, 0.1) is 12.7 Å². The minimum Gasteiger partial charge on any atom is -0.357 e. The second-order valence-electron chi connectivity index (χ2n) is 4.22. The van der Waals surface area contributed by atoms with Crippen molar-refractivity contribution in [2.24, 2.45) is 0 Å². The van der Waals surface area contributed by atoms with E-state index in [0.29, 0.717) is 0 Å². The van der Waals surface area contributed by atoms with Crippen molar-refractivity contribution in [3.05, 3.63) is 65.4 Å². The summed E-state index contributed by atoms with van der Waals surface area (Å²) in [7, 11) is 0. The van der Waals surface area contributed by atoms with Gasteiger partial charge in [-0.3, -0.25) is 4.68 Å². The van der Waals surface area contributed by atoms with E-state index >= 15 is 0 Å². The van der Waals surface area contributed by atoms with Crippen LogP contribution in [0.2, 0.25) is 0 Å². The number of rotatable bonds is 5. The molecule has 2 heterocycles. The van der Waals surface area contributed by atoms with Crippen LogP contribution < -0.4 is 5.32 Å². The molecule has 96 valence electrons. The number of thiazole rings is 1. The molecule has 0 unspecified atom stereocenters. The molecule has 1 aromatic carbocycles. The van der Waals surface area contributed by atoms with Crippen LogP contribution in [0.1, 0.15) is 11.1 Å². The average molecular weight is 270 g/mol. The Kier molecular flexibility index (Phi) is 3.56. The molecular formula is C14H14N4S. The molecule has 0 fully saturated rings. The highest BCUT2D eigenvalue weighted by Crippen LogP contribution is 2.12. The Morgan fingerprint density at radius 2 is 2.05 bits per heavy atom. The van der Waals surface area contributed by atoms with Crippen molar-refractivity contribution in [1.29, 1.82) is 0 Å². The summed E-state index contributed by atoms with van der Waals surface area (Å²) < 4.78 is 1.95. The summed E-state index contributed by atoms with van der Waals surface area (Å²) in [4.78, 5) is 4.19. The van der Waals surface area contributed by atoms with Crippen molar-refractivity contribution in [1.82, 2.24) is 14.8 Å². The topological polar surface area (TPSA) is 42.7 Å². The molecule has 0 aliphatic carbocycles. The maximum absolute atomic E-state index is 4.37. The molecule has 0 aliphatic heterocycles. The highest BCUT2D eigenvalue weighted by atomic mass is 32.1. The van der Waals surface area contributed by atoms with Gasteiger partial charge in [0.2, 0.25) is 0 Å². The summed E-state index contributed by atoms with van der Waals surface area (Å²) in [5.41, 5.74) is 2.41. The maximum atomic E-state index is 4.37. The van der Waals surface area contributed by atoms with Crippen LogP contribution in [0.4, 0.5) is 5.13 Å². The van der Waals surface area contributed by atoms with Crippen molar-refractivity contribution in [2.45, 2.75) is 13.1 Å². The van der Waals surface area contributed by atoms with Crippen LogP contribution in [-0.2, 0) is 13.1 Å². The smallest absolute Gasteiger partial charge is 0.182 e. The fourth-order valence-corrected chi connectivity index (χ4v) is 2.37. The van der Waals surface area contributed by atoms with Crippen molar-refractivity contribution >= 4 is 16.5 Å². The molecule has 0 saturated carbocycles. The van der Waals surface area contributed by atoms with E-state index < -0.39 is 0 Å². The molecular weight excluding hydrogens is 256 g/mol. The second-order valence-corrected chi connectivity index (χ2v) is 5.12. The fraction of sp³-hybridized carbons (Fsp3) is 0.143. The number of anilines is 1. The standard InChI is InChI=1S/C14H14N4S/c1-2-4-12(5-3-1)10-18-11-13(9-17-18)8-16-14-15-6-7-19-14/h1-7,9,11H,8,10H2,(H,15,16). The molecule has 0 radical (unpaired) electrons. The Morgan fingerprint density at radius 1 is 1.16 bits per heavy atom. The lowest BCUT2D eigenvalue weighted by atomic mass is 10.2. The van der Waals surface area contributed by atoms with E-state index in [1.807, 2.05) is 34.5 Å². The number of hydrogen-bond acceptors (Lipinski definition) is 4. The van der Waals surface area contributed by atoms with Crippen molar-refractivity contribution in [2.75, 3.05) is 5.32 Å². The largest absolute Gasteiger partial charge is 0.357 e. The van der Waals surface area contributed by atoms with Crippen LogP contribution in [0.15, 0.2) is 54.3 Å². The number of hydrogen-bond donors (Lipinski definition) is 1. The van der Waals surface area contributed by atoms with Crippen molar-refractivity contribution < 1.29 is 0 Å². The van der Waals surface area contributed by atoms with E-state index in [0.717, 1.165) is 23.8 Å². The van der Waals surface area contributed by atoms with Crippen LogP contribution >= 0.6 is 11.3 Å². The highest BCUT2D eigenvalue weighted by Gasteiger charge is 2.00. The normalized spacial score (nSPS) is 10.5.